The molecule has 2 heteroatoms. The summed E-state index contributed by atoms with van der Waals surface area (Å²) in [6.45, 7) is 4.40. The van der Waals surface area contributed by atoms with Crippen LogP contribution in [0.2, 0.25) is 0 Å². The Balaban J connectivity index is 2.06. The quantitative estimate of drug-likeness (QED) is 0.839. The molecule has 2 unspecified atom stereocenters. The van der Waals surface area contributed by atoms with E-state index in [-0.39, 0.29) is 0 Å². The zero-order valence-corrected chi connectivity index (χ0v) is 10.2. The molecule has 88 valence electrons. The molecule has 0 amide bonds. The molecule has 16 heavy (non-hydrogen) atoms. The fourth-order valence-corrected chi connectivity index (χ4v) is 2.33. The van der Waals surface area contributed by atoms with Gasteiger partial charge in [0.1, 0.15) is 0 Å². The number of hydrogen-bond acceptors (Lipinski definition) is 2. The van der Waals surface area contributed by atoms with E-state index < -0.39 is 0 Å². The largest absolute Gasteiger partial charge is 0.381 e. The van der Waals surface area contributed by atoms with E-state index in [2.05, 4.69) is 36.5 Å². The van der Waals surface area contributed by atoms with Crippen LogP contribution in [0.5, 0.6) is 0 Å². The molecule has 1 aromatic carbocycles. The topological polar surface area (TPSA) is 21.3 Å². The Labute approximate surface area is 98.0 Å². The van der Waals surface area contributed by atoms with Crippen LogP contribution in [0.1, 0.15) is 30.4 Å². The number of nitrogens with one attached hydrogen (secondary N) is 1. The van der Waals surface area contributed by atoms with Gasteiger partial charge in [0.15, 0.2) is 0 Å². The highest BCUT2D eigenvalue weighted by Gasteiger charge is 2.16. The van der Waals surface area contributed by atoms with Gasteiger partial charge in [0.2, 0.25) is 0 Å². The molecule has 0 saturated carbocycles. The molecule has 0 bridgehead atoms. The summed E-state index contributed by atoms with van der Waals surface area (Å²) in [5.74, 6) is 0.706. The van der Waals surface area contributed by atoms with Gasteiger partial charge >= 0.3 is 0 Å². The van der Waals surface area contributed by atoms with Crippen LogP contribution >= 0.6 is 0 Å². The predicted octanol–water partition coefficient (Wildman–Crippen LogP) is 2.34. The zero-order chi connectivity index (χ0) is 11.4. The summed E-state index contributed by atoms with van der Waals surface area (Å²) in [4.78, 5) is 0. The minimum atomic E-state index is 0.303. The summed E-state index contributed by atoms with van der Waals surface area (Å²) in [6, 6.07) is 8.96. The Kier molecular flexibility index (Phi) is 3.97. The van der Waals surface area contributed by atoms with Crippen LogP contribution in [0, 0.1) is 0 Å². The van der Waals surface area contributed by atoms with Crippen molar-refractivity contribution in [3.05, 3.63) is 35.4 Å². The van der Waals surface area contributed by atoms with Crippen LogP contribution < -0.4 is 5.32 Å². The van der Waals surface area contributed by atoms with Crippen LogP contribution in [0.25, 0.3) is 0 Å². The van der Waals surface area contributed by atoms with E-state index >= 15 is 0 Å². The second kappa shape index (κ2) is 5.46. The second-order valence-electron chi connectivity index (χ2n) is 4.69. The molecule has 1 N–H and O–H groups in total. The lowest BCUT2D eigenvalue weighted by atomic mass is 9.95. The molecule has 0 radical (unpaired) electrons. The first kappa shape index (κ1) is 11.6. The smallest absolute Gasteiger partial charge is 0.0583 e. The molecule has 1 fully saturated rings. The maximum atomic E-state index is 5.31. The maximum absolute atomic E-state index is 5.31. The minimum absolute atomic E-state index is 0.303. The summed E-state index contributed by atoms with van der Waals surface area (Å²) in [6.07, 6.45) is 2.57. The van der Waals surface area contributed by atoms with E-state index in [1.165, 1.54) is 17.5 Å². The van der Waals surface area contributed by atoms with Crippen molar-refractivity contribution in [2.24, 2.45) is 0 Å². The minimum Gasteiger partial charge on any atom is -0.381 e. The molecule has 2 nitrogen and oxygen atoms in total. The van der Waals surface area contributed by atoms with Gasteiger partial charge in [-0.25, -0.2) is 0 Å². The maximum Gasteiger partial charge on any atom is 0.0583 e. The monoisotopic (exact) mass is 219 g/mol. The third-order valence-corrected chi connectivity index (χ3v) is 3.41. The van der Waals surface area contributed by atoms with Crippen molar-refractivity contribution in [3.63, 3.8) is 0 Å². The highest BCUT2D eigenvalue weighted by atomic mass is 16.5. The first-order chi connectivity index (χ1) is 7.79. The lowest BCUT2D eigenvalue weighted by Gasteiger charge is -2.13. The van der Waals surface area contributed by atoms with Gasteiger partial charge in [0.05, 0.1) is 6.10 Å². The van der Waals surface area contributed by atoms with Crippen LogP contribution in [0.15, 0.2) is 24.3 Å². The van der Waals surface area contributed by atoms with Gasteiger partial charge in [0.25, 0.3) is 0 Å². The van der Waals surface area contributed by atoms with Gasteiger partial charge in [-0.2, -0.15) is 0 Å². The fourth-order valence-electron chi connectivity index (χ4n) is 2.33. The average Bonchev–Trinajstić information content (AvgIpc) is 2.83. The molecule has 0 aromatic heterocycles. The third kappa shape index (κ3) is 2.83. The van der Waals surface area contributed by atoms with Crippen molar-refractivity contribution in [2.75, 3.05) is 20.2 Å². The molecule has 1 saturated heterocycles. The molecular formula is C14H21NO. The van der Waals surface area contributed by atoms with Gasteiger partial charge in [-0.3, -0.25) is 0 Å². The van der Waals surface area contributed by atoms with Crippen LogP contribution in [-0.2, 0) is 11.2 Å². The van der Waals surface area contributed by atoms with Gasteiger partial charge in [-0.05, 0) is 43.4 Å². The number of benzene rings is 1. The molecule has 1 aromatic rings. The van der Waals surface area contributed by atoms with Gasteiger partial charge in [0, 0.05) is 13.7 Å². The molecule has 2 atom stereocenters. The van der Waals surface area contributed by atoms with Crippen LogP contribution in [0.3, 0.4) is 0 Å². The highest BCUT2D eigenvalue weighted by Crippen LogP contribution is 2.23. The van der Waals surface area contributed by atoms with Crippen LogP contribution in [0.4, 0.5) is 0 Å². The molecule has 0 aliphatic carbocycles. The summed E-state index contributed by atoms with van der Waals surface area (Å²) >= 11 is 0. The van der Waals surface area contributed by atoms with Crippen molar-refractivity contribution in [1.82, 2.24) is 5.32 Å². The molecule has 2 rings (SSSR count). The van der Waals surface area contributed by atoms with E-state index in [1.807, 2.05) is 0 Å². The standard InChI is InChI=1S/C14H21NO/c1-11(16-2)8-12-4-3-5-13(9-12)14-6-7-15-10-14/h3-5,9,11,14-15H,6-8,10H2,1-2H3. The van der Waals surface area contributed by atoms with Crippen molar-refractivity contribution >= 4 is 0 Å². The first-order valence-corrected chi connectivity index (χ1v) is 6.12. The highest BCUT2D eigenvalue weighted by molar-refractivity contribution is 5.27. The van der Waals surface area contributed by atoms with Crippen molar-refractivity contribution in [3.8, 4) is 0 Å². The zero-order valence-electron chi connectivity index (χ0n) is 10.2. The van der Waals surface area contributed by atoms with Gasteiger partial charge < -0.3 is 10.1 Å². The van der Waals surface area contributed by atoms with E-state index in [9.17, 15) is 0 Å². The molecular weight excluding hydrogens is 198 g/mol. The van der Waals surface area contributed by atoms with Gasteiger partial charge in [-0.15, -0.1) is 0 Å². The molecule has 0 spiro atoms. The number of rotatable bonds is 4. The lowest BCUT2D eigenvalue weighted by Crippen LogP contribution is -2.10. The summed E-state index contributed by atoms with van der Waals surface area (Å²) in [5, 5.41) is 3.42. The fraction of sp³-hybridized carbons (Fsp3) is 0.571. The third-order valence-electron chi connectivity index (χ3n) is 3.41. The number of ether oxygens (including phenoxy) is 1. The SMILES string of the molecule is COC(C)Cc1cccc(C2CCNC2)c1. The Morgan fingerprint density at radius 1 is 1.50 bits per heavy atom. The lowest BCUT2D eigenvalue weighted by molar-refractivity contribution is 0.119. The number of hydrogen-bond donors (Lipinski definition) is 1. The molecule has 1 heterocycles. The average molecular weight is 219 g/mol. The molecule has 1 aliphatic rings. The van der Waals surface area contributed by atoms with Gasteiger partial charge in [-0.1, -0.05) is 24.3 Å². The second-order valence-corrected chi connectivity index (χ2v) is 4.69. The summed E-state index contributed by atoms with van der Waals surface area (Å²) in [5.41, 5.74) is 2.87. The Morgan fingerprint density at radius 3 is 3.06 bits per heavy atom. The predicted molar refractivity (Wildman–Crippen MR) is 66.8 cm³/mol. The van der Waals surface area contributed by atoms with E-state index in [0.717, 1.165) is 19.5 Å². The molecule has 1 aliphatic heterocycles. The number of methoxy groups -OCH3 is 1. The summed E-state index contributed by atoms with van der Waals surface area (Å²) in [7, 11) is 1.77. The Morgan fingerprint density at radius 2 is 2.38 bits per heavy atom. The van der Waals surface area contributed by atoms with E-state index in [0.29, 0.717) is 12.0 Å². The Bertz CT molecular complexity index is 331. The van der Waals surface area contributed by atoms with E-state index in [1.54, 1.807) is 7.11 Å². The normalized spacial score (nSPS) is 22.2. The van der Waals surface area contributed by atoms with Crippen molar-refractivity contribution in [2.45, 2.75) is 31.8 Å². The first-order valence-electron chi connectivity index (χ1n) is 6.12. The van der Waals surface area contributed by atoms with Crippen molar-refractivity contribution < 1.29 is 4.74 Å². The summed E-state index contributed by atoms with van der Waals surface area (Å²) < 4.78 is 5.31. The van der Waals surface area contributed by atoms with Crippen molar-refractivity contribution in [1.29, 1.82) is 0 Å². The van der Waals surface area contributed by atoms with Crippen LogP contribution in [-0.4, -0.2) is 26.3 Å². The van der Waals surface area contributed by atoms with E-state index in [4.69, 9.17) is 4.74 Å². The Hall–Kier alpha value is -0.860.